The molecule has 0 aliphatic heterocycles. The van der Waals surface area contributed by atoms with Crippen LogP contribution in [0.1, 0.15) is 5.56 Å². The number of pyridine rings is 1. The van der Waals surface area contributed by atoms with Gasteiger partial charge in [-0.2, -0.15) is 9.78 Å². The number of methoxy groups -OCH3 is 1. The maximum absolute atomic E-state index is 13.2. The Morgan fingerprint density at radius 1 is 1.10 bits per heavy atom. The fourth-order valence-corrected chi connectivity index (χ4v) is 3.32. The minimum absolute atomic E-state index is 0.199. The van der Waals surface area contributed by atoms with E-state index in [9.17, 15) is 4.79 Å². The van der Waals surface area contributed by atoms with Crippen molar-refractivity contribution in [2.24, 2.45) is 5.10 Å². The third kappa shape index (κ3) is 3.01. The molecule has 9 heteroatoms. The molecule has 1 aromatic carbocycles. The van der Waals surface area contributed by atoms with Crippen LogP contribution in [0.2, 0.25) is 0 Å². The number of benzene rings is 1. The van der Waals surface area contributed by atoms with Gasteiger partial charge in [-0.05, 0) is 12.1 Å². The number of hydrogen-bond donors (Lipinski definition) is 0. The molecule has 0 radical (unpaired) electrons. The summed E-state index contributed by atoms with van der Waals surface area (Å²) in [5.41, 5.74) is 3.50. The van der Waals surface area contributed by atoms with Crippen LogP contribution < -0.4 is 10.5 Å². The number of rotatable bonds is 5. The van der Waals surface area contributed by atoms with Crippen molar-refractivity contribution in [3.05, 3.63) is 71.0 Å². The molecule has 4 aromatic heterocycles. The van der Waals surface area contributed by atoms with Crippen molar-refractivity contribution < 1.29 is 9.72 Å². The van der Waals surface area contributed by atoms with Gasteiger partial charge in [-0.1, -0.05) is 12.1 Å². The second-order valence-corrected chi connectivity index (χ2v) is 6.71. The summed E-state index contributed by atoms with van der Waals surface area (Å²) in [5.74, 6) is 0. The van der Waals surface area contributed by atoms with E-state index in [2.05, 4.69) is 15.1 Å². The lowest BCUT2D eigenvalue weighted by atomic mass is 10.3. The van der Waals surface area contributed by atoms with Gasteiger partial charge in [-0.25, -0.2) is 19.9 Å². The van der Waals surface area contributed by atoms with Crippen LogP contribution in [0.3, 0.4) is 0 Å². The molecule has 0 aliphatic carbocycles. The summed E-state index contributed by atoms with van der Waals surface area (Å²) >= 11 is 0. The SMILES string of the molecule is COCCn1cnc2c(c1=O)c1nc3ccccc3nc1n2/N=C/c1cc[nH+]cc1. The topological polar surface area (TPSA) is 101 Å². The lowest BCUT2D eigenvalue weighted by Gasteiger charge is -2.04. The first kappa shape index (κ1) is 18.1. The normalized spacial score (nSPS) is 11.9. The molecule has 9 nitrogen and oxygen atoms in total. The van der Waals surface area contributed by atoms with Gasteiger partial charge in [0.15, 0.2) is 23.7 Å². The average molecular weight is 400 g/mol. The zero-order valence-corrected chi connectivity index (χ0v) is 16.2. The number of nitrogens with one attached hydrogen (secondary N) is 1. The van der Waals surface area contributed by atoms with Crippen LogP contribution in [0.5, 0.6) is 0 Å². The van der Waals surface area contributed by atoms with Crippen LogP contribution in [0.25, 0.3) is 33.2 Å². The van der Waals surface area contributed by atoms with Gasteiger partial charge in [-0.3, -0.25) is 9.36 Å². The van der Waals surface area contributed by atoms with E-state index in [-0.39, 0.29) is 5.56 Å². The molecule has 0 bridgehead atoms. The molecule has 148 valence electrons. The van der Waals surface area contributed by atoms with Gasteiger partial charge in [0.05, 0.1) is 30.4 Å². The summed E-state index contributed by atoms with van der Waals surface area (Å²) in [6, 6.07) is 11.3. The van der Waals surface area contributed by atoms with Crippen molar-refractivity contribution >= 4 is 39.4 Å². The van der Waals surface area contributed by atoms with E-state index >= 15 is 0 Å². The number of nitrogens with zero attached hydrogens (tertiary/aromatic N) is 6. The number of aromatic amines is 1. The molecule has 5 rings (SSSR count). The van der Waals surface area contributed by atoms with Gasteiger partial charge in [-0.15, -0.1) is 0 Å². The number of H-pyrrole nitrogens is 1. The number of fused-ring (bicyclic) bond motifs is 4. The van der Waals surface area contributed by atoms with Crippen LogP contribution in [0, 0.1) is 0 Å². The fourth-order valence-electron chi connectivity index (χ4n) is 3.32. The summed E-state index contributed by atoms with van der Waals surface area (Å²) in [6.07, 6.45) is 6.83. The summed E-state index contributed by atoms with van der Waals surface area (Å²) in [7, 11) is 1.59. The smallest absolute Gasteiger partial charge is 0.265 e. The van der Waals surface area contributed by atoms with Crippen molar-refractivity contribution in [3.63, 3.8) is 0 Å². The Balaban J connectivity index is 1.82. The van der Waals surface area contributed by atoms with Gasteiger partial charge in [0.25, 0.3) is 5.56 Å². The largest absolute Gasteiger partial charge is 0.383 e. The van der Waals surface area contributed by atoms with E-state index in [4.69, 9.17) is 14.7 Å². The molecule has 0 amide bonds. The highest BCUT2D eigenvalue weighted by atomic mass is 16.5. The number of para-hydroxylation sites is 2. The number of aromatic nitrogens is 6. The Hall–Kier alpha value is -3.98. The lowest BCUT2D eigenvalue weighted by Crippen LogP contribution is -2.22. The molecule has 5 aromatic rings. The average Bonchev–Trinajstić information content (AvgIpc) is 3.09. The Labute approximate surface area is 170 Å². The van der Waals surface area contributed by atoms with E-state index in [0.29, 0.717) is 40.9 Å². The van der Waals surface area contributed by atoms with E-state index in [1.54, 1.807) is 18.0 Å². The summed E-state index contributed by atoms with van der Waals surface area (Å²) in [5, 5.41) is 4.96. The van der Waals surface area contributed by atoms with Crippen LogP contribution in [-0.2, 0) is 11.3 Å². The molecule has 0 saturated heterocycles. The zero-order valence-electron chi connectivity index (χ0n) is 16.2. The standard InChI is InChI=1S/C21H17N7O2/c1-30-11-10-27-13-23-19-17(21(27)29)18-20(26-16-5-3-2-4-15(16)25-18)28(19)24-12-14-6-8-22-9-7-14/h2-9,12-13H,10-11H2,1H3/p+1/b24-12+. The first-order valence-electron chi connectivity index (χ1n) is 9.42. The molecule has 0 spiro atoms. The maximum Gasteiger partial charge on any atom is 0.265 e. The van der Waals surface area contributed by atoms with E-state index in [1.807, 2.05) is 48.8 Å². The third-order valence-electron chi connectivity index (χ3n) is 4.81. The van der Waals surface area contributed by atoms with Crippen molar-refractivity contribution in [1.29, 1.82) is 0 Å². The molecule has 0 fully saturated rings. The predicted molar refractivity (Wildman–Crippen MR) is 112 cm³/mol. The highest BCUT2D eigenvalue weighted by Crippen LogP contribution is 2.24. The van der Waals surface area contributed by atoms with Crippen LogP contribution in [0.4, 0.5) is 0 Å². The van der Waals surface area contributed by atoms with E-state index in [1.165, 1.54) is 10.9 Å². The molecule has 0 aliphatic rings. The molecule has 0 atom stereocenters. The predicted octanol–water partition coefficient (Wildman–Crippen LogP) is 1.64. The monoisotopic (exact) mass is 400 g/mol. The summed E-state index contributed by atoms with van der Waals surface area (Å²) in [6.45, 7) is 0.805. The second kappa shape index (κ2) is 7.45. The van der Waals surface area contributed by atoms with Gasteiger partial charge in [0.1, 0.15) is 17.2 Å². The first-order chi connectivity index (χ1) is 14.8. The maximum atomic E-state index is 13.2. The van der Waals surface area contributed by atoms with Crippen molar-refractivity contribution in [3.8, 4) is 0 Å². The Morgan fingerprint density at radius 2 is 1.87 bits per heavy atom. The molecule has 1 N–H and O–H groups in total. The number of ether oxygens (including phenoxy) is 1. The third-order valence-corrected chi connectivity index (χ3v) is 4.81. The molecule has 30 heavy (non-hydrogen) atoms. The molecular weight excluding hydrogens is 382 g/mol. The van der Waals surface area contributed by atoms with Crippen LogP contribution in [-0.4, -0.2) is 44.1 Å². The number of hydrogen-bond acceptors (Lipinski definition) is 6. The molecule has 0 saturated carbocycles. The van der Waals surface area contributed by atoms with E-state index in [0.717, 1.165) is 11.1 Å². The Kier molecular flexibility index (Phi) is 4.49. The van der Waals surface area contributed by atoms with Crippen molar-refractivity contribution in [1.82, 2.24) is 24.2 Å². The summed E-state index contributed by atoms with van der Waals surface area (Å²) in [4.78, 5) is 30.1. The molecular formula is C21H18N7O2+. The first-order valence-corrected chi connectivity index (χ1v) is 9.42. The Bertz CT molecular complexity index is 1460. The van der Waals surface area contributed by atoms with Gasteiger partial charge in [0, 0.05) is 24.8 Å². The zero-order chi connectivity index (χ0) is 20.5. The van der Waals surface area contributed by atoms with Crippen LogP contribution in [0.15, 0.2) is 65.0 Å². The second-order valence-electron chi connectivity index (χ2n) is 6.71. The van der Waals surface area contributed by atoms with Crippen molar-refractivity contribution in [2.45, 2.75) is 6.54 Å². The van der Waals surface area contributed by atoms with Gasteiger partial charge >= 0.3 is 0 Å². The highest BCUT2D eigenvalue weighted by molar-refractivity contribution is 6.04. The highest BCUT2D eigenvalue weighted by Gasteiger charge is 2.19. The fraction of sp³-hybridized carbons (Fsp3) is 0.143. The van der Waals surface area contributed by atoms with Gasteiger partial charge in [0.2, 0.25) is 0 Å². The Morgan fingerprint density at radius 3 is 2.63 bits per heavy atom. The minimum atomic E-state index is -0.199. The molecule has 4 heterocycles. The van der Waals surface area contributed by atoms with Crippen molar-refractivity contribution in [2.75, 3.05) is 13.7 Å². The van der Waals surface area contributed by atoms with Crippen LogP contribution >= 0.6 is 0 Å². The van der Waals surface area contributed by atoms with E-state index < -0.39 is 0 Å². The minimum Gasteiger partial charge on any atom is -0.383 e. The van der Waals surface area contributed by atoms with Gasteiger partial charge < -0.3 is 4.74 Å². The quantitative estimate of drug-likeness (QED) is 0.418. The summed E-state index contributed by atoms with van der Waals surface area (Å²) < 4.78 is 8.19. The lowest BCUT2D eigenvalue weighted by molar-refractivity contribution is -0.378. The molecule has 0 unspecified atom stereocenters.